The molecule has 0 aliphatic carbocycles. The van der Waals surface area contributed by atoms with Gasteiger partial charge in [-0.15, -0.1) is 0 Å². The summed E-state index contributed by atoms with van der Waals surface area (Å²) >= 11 is 0. The van der Waals surface area contributed by atoms with Crippen LogP contribution in [0.5, 0.6) is 0 Å². The van der Waals surface area contributed by atoms with Crippen LogP contribution in [-0.4, -0.2) is 28.9 Å². The van der Waals surface area contributed by atoms with E-state index >= 15 is 0 Å². The topological polar surface area (TPSA) is 86.3 Å². The summed E-state index contributed by atoms with van der Waals surface area (Å²) in [4.78, 5) is 26.5. The number of nitrogens with one attached hydrogen (secondary N) is 2. The average molecular weight is 218 g/mol. The van der Waals surface area contributed by atoms with Gasteiger partial charge >= 0.3 is 11.9 Å². The molecule has 0 saturated carbocycles. The number of amides is 2. The average Bonchev–Trinajstić information content (AvgIpc) is 2.46. The van der Waals surface area contributed by atoms with E-state index in [9.17, 15) is 9.59 Å². The zero-order valence-electron chi connectivity index (χ0n) is 8.87. The Morgan fingerprint density at radius 1 is 1.31 bits per heavy atom. The molecule has 0 bridgehead atoms. The normalized spacial score (nSPS) is 45.2. The molecule has 16 heavy (non-hydrogen) atoms. The van der Waals surface area contributed by atoms with Crippen molar-refractivity contribution in [2.24, 2.45) is 5.92 Å². The second-order valence-electron chi connectivity index (χ2n) is 4.48. The quantitative estimate of drug-likeness (QED) is 0.521. The first-order valence-corrected chi connectivity index (χ1v) is 4.81. The molecule has 82 valence electrons. The lowest BCUT2D eigenvalue weighted by molar-refractivity contribution is -0.124. The highest BCUT2D eigenvalue weighted by Gasteiger charge is 2.73. The van der Waals surface area contributed by atoms with Crippen molar-refractivity contribution in [2.45, 2.75) is 31.0 Å². The minimum Gasteiger partial charge on any atom is -0.340 e. The fraction of sp³-hybridized carbons (Fsp3) is 0.600. The monoisotopic (exact) mass is 218 g/mol. The largest absolute Gasteiger partial charge is 0.340 e. The number of rotatable bonds is 0. The van der Waals surface area contributed by atoms with Crippen LogP contribution >= 0.6 is 0 Å². The van der Waals surface area contributed by atoms with Crippen molar-refractivity contribution in [3.63, 3.8) is 0 Å². The van der Waals surface area contributed by atoms with E-state index in [1.54, 1.807) is 13.8 Å². The SMILES string of the molecule is [C-]#[N+]C1C(=O)N[C@@]2(C)C(C#N)C(=O)N[C@@]12C. The first-order valence-electron chi connectivity index (χ1n) is 4.81. The van der Waals surface area contributed by atoms with Gasteiger partial charge in [-0.05, 0) is 13.8 Å². The summed E-state index contributed by atoms with van der Waals surface area (Å²) in [5.74, 6) is -1.81. The number of carbonyl (C=O) groups excluding carboxylic acids is 2. The van der Waals surface area contributed by atoms with Gasteiger partial charge in [-0.2, -0.15) is 5.26 Å². The van der Waals surface area contributed by atoms with Gasteiger partial charge in [-0.25, -0.2) is 6.57 Å². The third-order valence-corrected chi connectivity index (χ3v) is 3.74. The molecule has 2 saturated heterocycles. The molecule has 2 aliphatic rings. The highest BCUT2D eigenvalue weighted by molar-refractivity contribution is 5.97. The number of carbonyl (C=O) groups is 2. The lowest BCUT2D eigenvalue weighted by Gasteiger charge is -2.31. The lowest BCUT2D eigenvalue weighted by atomic mass is 9.75. The Morgan fingerprint density at radius 3 is 2.38 bits per heavy atom. The molecule has 0 spiro atoms. The molecule has 6 heteroatoms. The molecule has 4 atom stereocenters. The van der Waals surface area contributed by atoms with Gasteiger partial charge in [0.25, 0.3) is 0 Å². The van der Waals surface area contributed by atoms with Gasteiger partial charge in [0.2, 0.25) is 5.91 Å². The molecule has 2 N–H and O–H groups in total. The van der Waals surface area contributed by atoms with E-state index in [1.807, 2.05) is 6.07 Å². The van der Waals surface area contributed by atoms with Crippen LogP contribution in [0.15, 0.2) is 0 Å². The van der Waals surface area contributed by atoms with Gasteiger partial charge in [0.05, 0.1) is 11.6 Å². The molecule has 2 fully saturated rings. The lowest BCUT2D eigenvalue weighted by Crippen LogP contribution is -2.58. The fourth-order valence-corrected chi connectivity index (χ4v) is 2.54. The summed E-state index contributed by atoms with van der Waals surface area (Å²) in [6, 6.07) is 0.914. The molecule has 2 unspecified atom stereocenters. The number of nitriles is 1. The zero-order valence-corrected chi connectivity index (χ0v) is 8.87. The Kier molecular flexibility index (Phi) is 1.78. The molecule has 2 amide bonds. The van der Waals surface area contributed by atoms with Crippen LogP contribution in [0.25, 0.3) is 4.85 Å². The zero-order chi connectivity index (χ0) is 12.1. The second kappa shape index (κ2) is 2.73. The predicted molar refractivity (Wildman–Crippen MR) is 52.6 cm³/mol. The van der Waals surface area contributed by atoms with Crippen LogP contribution in [0.3, 0.4) is 0 Å². The standard InChI is InChI=1S/C10H10N4O2/c1-9-5(4-11)7(15)13-10(9,2)6(12-3)8(16)14-9/h5-6H,1-2H3,(H,13,15)(H,14,16)/t5?,6?,9-,10-/m0/s1. The number of hydrogen-bond acceptors (Lipinski definition) is 3. The van der Waals surface area contributed by atoms with Crippen molar-refractivity contribution >= 4 is 11.8 Å². The van der Waals surface area contributed by atoms with Crippen LogP contribution in [-0.2, 0) is 9.59 Å². The minimum atomic E-state index is -1.01. The Hall–Kier alpha value is -2.08. The summed E-state index contributed by atoms with van der Waals surface area (Å²) in [5, 5.41) is 14.2. The first-order chi connectivity index (χ1) is 7.40. The van der Waals surface area contributed by atoms with Crippen molar-refractivity contribution in [3.8, 4) is 6.07 Å². The number of nitrogens with zero attached hydrogens (tertiary/aromatic N) is 2. The van der Waals surface area contributed by atoms with Gasteiger partial charge in [0, 0.05) is 0 Å². The molecule has 2 rings (SSSR count). The molecule has 2 heterocycles. The number of fused-ring (bicyclic) bond motifs is 1. The van der Waals surface area contributed by atoms with Crippen molar-refractivity contribution in [3.05, 3.63) is 11.4 Å². The first kappa shape index (κ1) is 10.4. The van der Waals surface area contributed by atoms with Crippen molar-refractivity contribution in [1.82, 2.24) is 10.6 Å². The summed E-state index contributed by atoms with van der Waals surface area (Å²) in [5.41, 5.74) is -2.02. The summed E-state index contributed by atoms with van der Waals surface area (Å²) in [6.45, 7) is 10.3. The molecule has 0 aromatic heterocycles. The van der Waals surface area contributed by atoms with E-state index in [-0.39, 0.29) is 0 Å². The van der Waals surface area contributed by atoms with Crippen LogP contribution in [0.1, 0.15) is 13.8 Å². The Morgan fingerprint density at radius 2 is 1.88 bits per heavy atom. The van der Waals surface area contributed by atoms with Crippen molar-refractivity contribution < 1.29 is 9.59 Å². The molecule has 0 aromatic carbocycles. The van der Waals surface area contributed by atoms with E-state index in [1.165, 1.54) is 0 Å². The summed E-state index contributed by atoms with van der Waals surface area (Å²) in [6.07, 6.45) is 0. The molecule has 0 aromatic rings. The second-order valence-corrected chi connectivity index (χ2v) is 4.48. The smallest absolute Gasteiger partial charge is 0.324 e. The third-order valence-electron chi connectivity index (χ3n) is 3.74. The predicted octanol–water partition coefficient (Wildman–Crippen LogP) is -0.809. The third kappa shape index (κ3) is 0.849. The van der Waals surface area contributed by atoms with Crippen LogP contribution < -0.4 is 10.6 Å². The van der Waals surface area contributed by atoms with E-state index in [2.05, 4.69) is 15.5 Å². The van der Waals surface area contributed by atoms with E-state index in [0.29, 0.717) is 0 Å². The van der Waals surface area contributed by atoms with E-state index in [0.717, 1.165) is 0 Å². The number of hydrogen-bond donors (Lipinski definition) is 2. The summed E-state index contributed by atoms with van der Waals surface area (Å²) in [7, 11) is 0. The van der Waals surface area contributed by atoms with Gasteiger partial charge in [-0.3, -0.25) is 9.59 Å². The maximum atomic E-state index is 11.6. The highest BCUT2D eigenvalue weighted by Crippen LogP contribution is 2.43. The van der Waals surface area contributed by atoms with Gasteiger partial charge in [0.15, 0.2) is 5.92 Å². The minimum absolute atomic E-state index is 0.429. The fourth-order valence-electron chi connectivity index (χ4n) is 2.54. The van der Waals surface area contributed by atoms with E-state index in [4.69, 9.17) is 11.8 Å². The Balaban J connectivity index is 2.58. The van der Waals surface area contributed by atoms with Crippen LogP contribution in [0.4, 0.5) is 0 Å². The van der Waals surface area contributed by atoms with Gasteiger partial charge < -0.3 is 15.5 Å². The molecular formula is C10H10N4O2. The Labute approximate surface area is 92.4 Å². The van der Waals surface area contributed by atoms with Gasteiger partial charge in [0.1, 0.15) is 5.54 Å². The maximum absolute atomic E-state index is 11.6. The molecule has 2 aliphatic heterocycles. The maximum Gasteiger partial charge on any atom is 0.324 e. The van der Waals surface area contributed by atoms with Crippen LogP contribution in [0.2, 0.25) is 0 Å². The van der Waals surface area contributed by atoms with E-state index < -0.39 is 34.9 Å². The summed E-state index contributed by atoms with van der Waals surface area (Å²) < 4.78 is 0. The van der Waals surface area contributed by atoms with Crippen LogP contribution in [0, 0.1) is 23.8 Å². The molecular weight excluding hydrogens is 208 g/mol. The van der Waals surface area contributed by atoms with Gasteiger partial charge in [-0.1, -0.05) is 0 Å². The Bertz CT molecular complexity index is 430. The molecule has 6 nitrogen and oxygen atoms in total. The van der Waals surface area contributed by atoms with Crippen molar-refractivity contribution in [2.75, 3.05) is 0 Å². The highest BCUT2D eigenvalue weighted by atomic mass is 16.2. The molecule has 0 radical (unpaired) electrons. The van der Waals surface area contributed by atoms with Crippen molar-refractivity contribution in [1.29, 1.82) is 5.26 Å².